The highest BCUT2D eigenvalue weighted by Crippen LogP contribution is 2.28. The smallest absolute Gasteiger partial charge is 0.251 e. The van der Waals surface area contributed by atoms with Gasteiger partial charge in [-0.2, -0.15) is 4.98 Å². The molecular weight excluding hydrogens is 282 g/mol. The van der Waals surface area contributed by atoms with Crippen LogP contribution in [0, 0.1) is 5.92 Å². The molecule has 0 aliphatic carbocycles. The molecule has 0 radical (unpaired) electrons. The second kappa shape index (κ2) is 6.77. The van der Waals surface area contributed by atoms with Crippen molar-refractivity contribution in [3.8, 4) is 0 Å². The molecule has 122 valence electrons. The van der Waals surface area contributed by atoms with Crippen LogP contribution in [0.1, 0.15) is 57.2 Å². The van der Waals surface area contributed by atoms with Crippen molar-refractivity contribution in [1.29, 1.82) is 0 Å². The summed E-state index contributed by atoms with van der Waals surface area (Å²) in [5.41, 5.74) is 0. The second-order valence-electron chi connectivity index (χ2n) is 6.75. The molecule has 6 heteroatoms. The summed E-state index contributed by atoms with van der Waals surface area (Å²) >= 11 is 0. The number of aromatic nitrogens is 2. The average molecular weight is 307 g/mol. The van der Waals surface area contributed by atoms with Gasteiger partial charge in [-0.25, -0.2) is 0 Å². The molecule has 3 rings (SSSR count). The Labute approximate surface area is 131 Å². The summed E-state index contributed by atoms with van der Waals surface area (Å²) in [6.07, 6.45) is 4.27. The first kappa shape index (κ1) is 15.5. The van der Waals surface area contributed by atoms with Crippen molar-refractivity contribution in [3.05, 3.63) is 11.7 Å². The molecule has 0 bridgehead atoms. The van der Waals surface area contributed by atoms with E-state index in [-0.39, 0.29) is 17.9 Å². The Balaban J connectivity index is 1.52. The molecule has 2 aliphatic rings. The zero-order valence-electron chi connectivity index (χ0n) is 13.5. The van der Waals surface area contributed by atoms with E-state index in [4.69, 9.17) is 9.26 Å². The summed E-state index contributed by atoms with van der Waals surface area (Å²) in [7, 11) is 0. The number of ether oxygens (including phenoxy) is 1. The van der Waals surface area contributed by atoms with Crippen molar-refractivity contribution < 1.29 is 14.1 Å². The number of amides is 1. The van der Waals surface area contributed by atoms with Crippen LogP contribution in [0.3, 0.4) is 0 Å². The number of carbonyl (C=O) groups excluding carboxylic acids is 1. The third-order valence-corrected chi connectivity index (χ3v) is 4.44. The maximum Gasteiger partial charge on any atom is 0.251 e. The largest absolute Gasteiger partial charge is 0.368 e. The molecule has 0 saturated carbocycles. The van der Waals surface area contributed by atoms with Crippen molar-refractivity contribution >= 4 is 5.91 Å². The molecule has 2 saturated heterocycles. The lowest BCUT2D eigenvalue weighted by molar-refractivity contribution is -0.142. The molecule has 2 fully saturated rings. The fourth-order valence-electron chi connectivity index (χ4n) is 3.20. The van der Waals surface area contributed by atoms with Gasteiger partial charge < -0.3 is 14.2 Å². The van der Waals surface area contributed by atoms with Crippen LogP contribution in [0.4, 0.5) is 0 Å². The van der Waals surface area contributed by atoms with E-state index in [1.165, 1.54) is 0 Å². The van der Waals surface area contributed by atoms with Crippen molar-refractivity contribution in [2.45, 2.75) is 58.0 Å². The molecule has 1 amide bonds. The predicted molar refractivity (Wildman–Crippen MR) is 80.4 cm³/mol. The van der Waals surface area contributed by atoms with Gasteiger partial charge >= 0.3 is 0 Å². The minimum Gasteiger partial charge on any atom is -0.368 e. The molecule has 1 unspecified atom stereocenters. The summed E-state index contributed by atoms with van der Waals surface area (Å²) in [5.74, 6) is 2.49. The number of hydrogen-bond donors (Lipinski definition) is 0. The zero-order chi connectivity index (χ0) is 15.5. The SMILES string of the molecule is CC(C)Cc1noc(C2CCN(C(=O)C3CCCO3)CC2)n1. The number of likely N-dealkylation sites (tertiary alicyclic amines) is 1. The van der Waals surface area contributed by atoms with E-state index in [0.29, 0.717) is 12.5 Å². The lowest BCUT2D eigenvalue weighted by Gasteiger charge is -2.31. The molecule has 3 heterocycles. The molecule has 1 atom stereocenters. The maximum atomic E-state index is 12.3. The van der Waals surface area contributed by atoms with Crippen LogP contribution in [0.15, 0.2) is 4.52 Å². The Morgan fingerprint density at radius 2 is 2.09 bits per heavy atom. The number of carbonyl (C=O) groups is 1. The minimum atomic E-state index is -0.211. The monoisotopic (exact) mass is 307 g/mol. The van der Waals surface area contributed by atoms with Crippen LogP contribution >= 0.6 is 0 Å². The molecular formula is C16H25N3O3. The molecule has 0 aromatic carbocycles. The van der Waals surface area contributed by atoms with E-state index in [2.05, 4.69) is 24.0 Å². The fourth-order valence-corrected chi connectivity index (χ4v) is 3.20. The predicted octanol–water partition coefficient (Wildman–Crippen LogP) is 2.15. The maximum absolute atomic E-state index is 12.3. The molecule has 1 aromatic rings. The Bertz CT molecular complexity index is 500. The zero-order valence-corrected chi connectivity index (χ0v) is 13.5. The van der Waals surface area contributed by atoms with Gasteiger partial charge in [0.25, 0.3) is 5.91 Å². The Morgan fingerprint density at radius 1 is 1.32 bits per heavy atom. The Morgan fingerprint density at radius 3 is 2.73 bits per heavy atom. The summed E-state index contributed by atoms with van der Waals surface area (Å²) in [4.78, 5) is 18.8. The molecule has 22 heavy (non-hydrogen) atoms. The van der Waals surface area contributed by atoms with Gasteiger partial charge in [-0.15, -0.1) is 0 Å². The van der Waals surface area contributed by atoms with Gasteiger partial charge in [0, 0.05) is 32.0 Å². The van der Waals surface area contributed by atoms with E-state index < -0.39 is 0 Å². The molecule has 2 aliphatic heterocycles. The van der Waals surface area contributed by atoms with E-state index in [1.807, 2.05) is 4.90 Å². The highest BCUT2D eigenvalue weighted by Gasteiger charge is 2.32. The van der Waals surface area contributed by atoms with Crippen LogP contribution in [-0.4, -0.2) is 46.7 Å². The number of piperidine rings is 1. The first-order valence-electron chi connectivity index (χ1n) is 8.36. The number of nitrogens with zero attached hydrogens (tertiary/aromatic N) is 3. The van der Waals surface area contributed by atoms with Gasteiger partial charge in [-0.05, 0) is 31.6 Å². The van der Waals surface area contributed by atoms with Crippen molar-refractivity contribution in [3.63, 3.8) is 0 Å². The number of hydrogen-bond acceptors (Lipinski definition) is 5. The van der Waals surface area contributed by atoms with Crippen LogP contribution in [0.25, 0.3) is 0 Å². The van der Waals surface area contributed by atoms with Gasteiger partial charge in [0.05, 0.1) is 0 Å². The van der Waals surface area contributed by atoms with E-state index in [1.54, 1.807) is 0 Å². The quantitative estimate of drug-likeness (QED) is 0.852. The summed E-state index contributed by atoms with van der Waals surface area (Å²) in [6.45, 7) is 6.51. The van der Waals surface area contributed by atoms with Crippen LogP contribution in [0.2, 0.25) is 0 Å². The van der Waals surface area contributed by atoms with Crippen LogP contribution in [-0.2, 0) is 16.0 Å². The highest BCUT2D eigenvalue weighted by molar-refractivity contribution is 5.81. The van der Waals surface area contributed by atoms with Crippen molar-refractivity contribution in [2.24, 2.45) is 5.92 Å². The third kappa shape index (κ3) is 3.48. The summed E-state index contributed by atoms with van der Waals surface area (Å²) < 4.78 is 10.9. The average Bonchev–Trinajstić information content (AvgIpc) is 3.17. The normalized spacial score (nSPS) is 23.4. The molecule has 1 aromatic heterocycles. The molecule has 0 N–H and O–H groups in total. The first-order valence-corrected chi connectivity index (χ1v) is 8.36. The van der Waals surface area contributed by atoms with Gasteiger partial charge in [0.2, 0.25) is 5.89 Å². The van der Waals surface area contributed by atoms with Gasteiger partial charge in [0.15, 0.2) is 5.82 Å². The fraction of sp³-hybridized carbons (Fsp3) is 0.812. The van der Waals surface area contributed by atoms with E-state index >= 15 is 0 Å². The van der Waals surface area contributed by atoms with E-state index in [9.17, 15) is 4.79 Å². The van der Waals surface area contributed by atoms with Gasteiger partial charge in [0.1, 0.15) is 6.10 Å². The number of rotatable bonds is 4. The minimum absolute atomic E-state index is 0.155. The summed E-state index contributed by atoms with van der Waals surface area (Å²) in [5, 5.41) is 4.06. The third-order valence-electron chi connectivity index (χ3n) is 4.44. The van der Waals surface area contributed by atoms with Gasteiger partial charge in [-0.1, -0.05) is 19.0 Å². The second-order valence-corrected chi connectivity index (χ2v) is 6.75. The lowest BCUT2D eigenvalue weighted by atomic mass is 9.96. The first-order chi connectivity index (χ1) is 10.6. The van der Waals surface area contributed by atoms with Crippen molar-refractivity contribution in [1.82, 2.24) is 15.0 Å². The standard InChI is InChI=1S/C16H25N3O3/c1-11(2)10-14-17-15(22-18-14)12-5-7-19(8-6-12)16(20)13-4-3-9-21-13/h11-13H,3-10H2,1-2H3. The molecule has 0 spiro atoms. The lowest BCUT2D eigenvalue weighted by Crippen LogP contribution is -2.43. The highest BCUT2D eigenvalue weighted by atomic mass is 16.5. The van der Waals surface area contributed by atoms with Crippen molar-refractivity contribution in [2.75, 3.05) is 19.7 Å². The van der Waals surface area contributed by atoms with E-state index in [0.717, 1.165) is 56.9 Å². The van der Waals surface area contributed by atoms with Gasteiger partial charge in [-0.3, -0.25) is 4.79 Å². The summed E-state index contributed by atoms with van der Waals surface area (Å²) in [6, 6.07) is 0. The Kier molecular flexibility index (Phi) is 4.76. The Hall–Kier alpha value is -1.43. The molecule has 6 nitrogen and oxygen atoms in total. The van der Waals surface area contributed by atoms with Crippen LogP contribution in [0.5, 0.6) is 0 Å². The topological polar surface area (TPSA) is 68.5 Å². The van der Waals surface area contributed by atoms with Crippen LogP contribution < -0.4 is 0 Å².